The van der Waals surface area contributed by atoms with E-state index in [-0.39, 0.29) is 18.0 Å². The number of ether oxygens (including phenoxy) is 1. The van der Waals surface area contributed by atoms with E-state index in [0.29, 0.717) is 17.1 Å². The summed E-state index contributed by atoms with van der Waals surface area (Å²) in [6.45, 7) is 0. The van der Waals surface area contributed by atoms with Crippen molar-refractivity contribution in [3.05, 3.63) is 60.5 Å². The van der Waals surface area contributed by atoms with Gasteiger partial charge in [0.05, 0.1) is 25.4 Å². The summed E-state index contributed by atoms with van der Waals surface area (Å²) in [4.78, 5) is 25.0. The molecule has 1 atom stereocenters. The Balaban J connectivity index is 1.71. The van der Waals surface area contributed by atoms with Crippen molar-refractivity contribution in [2.45, 2.75) is 12.5 Å². The molecular formula is C20H17FN4O3. The molecule has 0 bridgehead atoms. The first-order valence-corrected chi connectivity index (χ1v) is 8.64. The zero-order chi connectivity index (χ0) is 19.7. The van der Waals surface area contributed by atoms with Crippen LogP contribution in [-0.2, 0) is 9.59 Å². The molecular weight excluding hydrogens is 363 g/mol. The van der Waals surface area contributed by atoms with Crippen LogP contribution in [0, 0.1) is 5.82 Å². The number of rotatable bonds is 4. The van der Waals surface area contributed by atoms with E-state index in [0.717, 1.165) is 5.56 Å². The maximum absolute atomic E-state index is 13.9. The number of nitrogens with zero attached hydrogens (tertiary/aromatic N) is 2. The predicted molar refractivity (Wildman–Crippen MR) is 102 cm³/mol. The van der Waals surface area contributed by atoms with E-state index in [1.807, 2.05) is 18.2 Å². The second-order valence-corrected chi connectivity index (χ2v) is 6.29. The number of carbonyl (C=O) groups excluding carboxylic acids is 2. The van der Waals surface area contributed by atoms with Crippen molar-refractivity contribution >= 4 is 23.3 Å². The normalized spacial score (nSPS) is 15.5. The van der Waals surface area contributed by atoms with E-state index in [2.05, 4.69) is 15.7 Å². The third kappa shape index (κ3) is 3.09. The van der Waals surface area contributed by atoms with Gasteiger partial charge in [0.2, 0.25) is 11.8 Å². The van der Waals surface area contributed by atoms with Gasteiger partial charge in [-0.1, -0.05) is 30.3 Å². The number of nitrogens with one attached hydrogen (secondary N) is 2. The van der Waals surface area contributed by atoms with Gasteiger partial charge in [-0.15, -0.1) is 0 Å². The SMILES string of the molecule is COc1ccccc1-c1cnn2c1NC(=O)C[C@H]2C(=O)Nc1ccccc1F. The summed E-state index contributed by atoms with van der Waals surface area (Å²) in [5, 5.41) is 9.61. The van der Waals surface area contributed by atoms with E-state index < -0.39 is 17.8 Å². The molecule has 0 spiro atoms. The smallest absolute Gasteiger partial charge is 0.249 e. The first-order valence-electron chi connectivity index (χ1n) is 8.64. The number of halogens is 1. The van der Waals surface area contributed by atoms with E-state index in [1.54, 1.807) is 25.4 Å². The highest BCUT2D eigenvalue weighted by molar-refractivity contribution is 6.03. The number of carbonyl (C=O) groups is 2. The number of benzene rings is 2. The van der Waals surface area contributed by atoms with Crippen LogP contribution in [0.4, 0.5) is 15.9 Å². The molecule has 1 aliphatic heterocycles. The fraction of sp³-hybridized carbons (Fsp3) is 0.150. The van der Waals surface area contributed by atoms with Gasteiger partial charge in [-0.25, -0.2) is 9.07 Å². The predicted octanol–water partition coefficient (Wildman–Crippen LogP) is 3.22. The van der Waals surface area contributed by atoms with E-state index in [1.165, 1.54) is 22.9 Å². The Morgan fingerprint density at radius 3 is 2.75 bits per heavy atom. The molecule has 7 nitrogen and oxygen atoms in total. The molecule has 4 rings (SSSR count). The summed E-state index contributed by atoms with van der Waals surface area (Å²) in [5.74, 6) is -0.375. The summed E-state index contributed by atoms with van der Waals surface area (Å²) in [5.41, 5.74) is 1.42. The molecule has 1 aromatic heterocycles. The number of hydrogen-bond donors (Lipinski definition) is 2. The van der Waals surface area contributed by atoms with Gasteiger partial charge >= 0.3 is 0 Å². The van der Waals surface area contributed by atoms with E-state index in [9.17, 15) is 14.0 Å². The van der Waals surface area contributed by atoms with Gasteiger partial charge in [0.25, 0.3) is 0 Å². The number of para-hydroxylation sites is 2. The molecule has 0 aliphatic carbocycles. The van der Waals surface area contributed by atoms with Crippen LogP contribution in [-0.4, -0.2) is 28.7 Å². The Morgan fingerprint density at radius 2 is 1.96 bits per heavy atom. The highest BCUT2D eigenvalue weighted by Crippen LogP contribution is 2.38. The van der Waals surface area contributed by atoms with Crippen molar-refractivity contribution in [1.82, 2.24) is 9.78 Å². The standard InChI is InChI=1S/C20H17FN4O3/c1-28-17-9-5-2-6-12(17)13-11-22-25-16(10-18(26)24-19(13)25)20(27)23-15-8-4-3-7-14(15)21/h2-9,11,16H,10H2,1H3,(H,23,27)(H,24,26)/t16-/m0/s1. The van der Waals surface area contributed by atoms with Crippen molar-refractivity contribution in [2.75, 3.05) is 17.7 Å². The molecule has 3 aromatic rings. The minimum Gasteiger partial charge on any atom is -0.496 e. The molecule has 0 unspecified atom stereocenters. The first-order chi connectivity index (χ1) is 13.6. The summed E-state index contributed by atoms with van der Waals surface area (Å²) >= 11 is 0. The third-order valence-corrected chi connectivity index (χ3v) is 4.56. The minimum absolute atomic E-state index is 0.0529. The fourth-order valence-electron chi connectivity index (χ4n) is 3.21. The lowest BCUT2D eigenvalue weighted by molar-refractivity contribution is -0.125. The Kier molecular flexibility index (Phi) is 4.52. The molecule has 0 fully saturated rings. The highest BCUT2D eigenvalue weighted by atomic mass is 19.1. The van der Waals surface area contributed by atoms with E-state index in [4.69, 9.17) is 4.74 Å². The molecule has 0 radical (unpaired) electrons. The van der Waals surface area contributed by atoms with Crippen molar-refractivity contribution in [3.63, 3.8) is 0 Å². The molecule has 2 aromatic carbocycles. The Morgan fingerprint density at radius 1 is 1.21 bits per heavy atom. The Hall–Kier alpha value is -3.68. The summed E-state index contributed by atoms with van der Waals surface area (Å²) in [6.07, 6.45) is 1.47. The second-order valence-electron chi connectivity index (χ2n) is 6.29. The summed E-state index contributed by atoms with van der Waals surface area (Å²) in [7, 11) is 1.55. The molecule has 2 N–H and O–H groups in total. The lowest BCUT2D eigenvalue weighted by atomic mass is 10.1. The minimum atomic E-state index is -0.896. The zero-order valence-electron chi connectivity index (χ0n) is 15.0. The first kappa shape index (κ1) is 17.7. The number of hydrogen-bond acceptors (Lipinski definition) is 4. The molecule has 28 heavy (non-hydrogen) atoms. The molecule has 142 valence electrons. The van der Waals surface area contributed by atoms with Crippen LogP contribution in [0.3, 0.4) is 0 Å². The molecule has 1 aliphatic rings. The summed E-state index contributed by atoms with van der Waals surface area (Å²) < 4.78 is 20.7. The molecule has 2 amide bonds. The third-order valence-electron chi connectivity index (χ3n) is 4.56. The van der Waals surface area contributed by atoms with Gasteiger partial charge in [0.1, 0.15) is 23.4 Å². The van der Waals surface area contributed by atoms with Gasteiger partial charge in [-0.05, 0) is 18.2 Å². The van der Waals surface area contributed by atoms with Gasteiger partial charge in [0, 0.05) is 11.1 Å². The number of aromatic nitrogens is 2. The topological polar surface area (TPSA) is 85.2 Å². The molecule has 0 saturated carbocycles. The van der Waals surface area contributed by atoms with Crippen LogP contribution < -0.4 is 15.4 Å². The van der Waals surface area contributed by atoms with Crippen LogP contribution in [0.5, 0.6) is 5.75 Å². The van der Waals surface area contributed by atoms with E-state index >= 15 is 0 Å². The van der Waals surface area contributed by atoms with Crippen LogP contribution in [0.2, 0.25) is 0 Å². The Labute approximate surface area is 160 Å². The fourth-order valence-corrected chi connectivity index (χ4v) is 3.21. The maximum Gasteiger partial charge on any atom is 0.249 e. The summed E-state index contributed by atoms with van der Waals surface area (Å²) in [6, 6.07) is 12.3. The Bertz CT molecular complexity index is 1060. The van der Waals surface area contributed by atoms with Crippen molar-refractivity contribution in [2.24, 2.45) is 0 Å². The van der Waals surface area contributed by atoms with Crippen LogP contribution in [0.25, 0.3) is 11.1 Å². The molecule has 0 saturated heterocycles. The molecule has 8 heteroatoms. The van der Waals surface area contributed by atoms with Gasteiger partial charge < -0.3 is 15.4 Å². The van der Waals surface area contributed by atoms with Crippen molar-refractivity contribution in [3.8, 4) is 16.9 Å². The lowest BCUT2D eigenvalue weighted by Crippen LogP contribution is -2.36. The second kappa shape index (κ2) is 7.15. The average molecular weight is 380 g/mol. The van der Waals surface area contributed by atoms with Crippen LogP contribution >= 0.6 is 0 Å². The van der Waals surface area contributed by atoms with Gasteiger partial charge in [0.15, 0.2) is 0 Å². The quantitative estimate of drug-likeness (QED) is 0.728. The number of amides is 2. The number of fused-ring (bicyclic) bond motifs is 1. The van der Waals surface area contributed by atoms with Gasteiger partial charge in [-0.3, -0.25) is 9.59 Å². The van der Waals surface area contributed by atoms with Crippen molar-refractivity contribution in [1.29, 1.82) is 0 Å². The lowest BCUT2D eigenvalue weighted by Gasteiger charge is -2.24. The van der Waals surface area contributed by atoms with Crippen molar-refractivity contribution < 1.29 is 18.7 Å². The number of methoxy groups -OCH3 is 1. The number of anilines is 2. The highest BCUT2D eigenvalue weighted by Gasteiger charge is 2.34. The van der Waals surface area contributed by atoms with Crippen LogP contribution in [0.15, 0.2) is 54.7 Å². The molecule has 2 heterocycles. The zero-order valence-corrected chi connectivity index (χ0v) is 15.0. The average Bonchev–Trinajstić information content (AvgIpc) is 3.12. The van der Waals surface area contributed by atoms with Crippen LogP contribution in [0.1, 0.15) is 12.5 Å². The monoisotopic (exact) mass is 380 g/mol. The largest absolute Gasteiger partial charge is 0.496 e. The van der Waals surface area contributed by atoms with Gasteiger partial charge in [-0.2, -0.15) is 5.10 Å². The maximum atomic E-state index is 13.9.